The molecule has 2 atom stereocenters. The molecule has 0 bridgehead atoms. The smallest absolute Gasteiger partial charge is 0.170 e. The van der Waals surface area contributed by atoms with Crippen LogP contribution in [0.3, 0.4) is 0 Å². The number of rotatable bonds is 6. The number of nitrogens with zero attached hydrogens (tertiary/aromatic N) is 4. The first kappa shape index (κ1) is 22.8. The number of phenols is 1. The summed E-state index contributed by atoms with van der Waals surface area (Å²) in [6, 6.07) is 15.6. The summed E-state index contributed by atoms with van der Waals surface area (Å²) in [6.07, 6.45) is 1.84. The minimum Gasteiger partial charge on any atom is -0.508 e. The second-order valence-electron chi connectivity index (χ2n) is 8.95. The van der Waals surface area contributed by atoms with Gasteiger partial charge in [0.15, 0.2) is 5.11 Å². The van der Waals surface area contributed by atoms with Gasteiger partial charge in [0.25, 0.3) is 0 Å². The Morgan fingerprint density at radius 2 is 1.85 bits per heavy atom. The number of aryl methyl sites for hydroxylation is 1. The summed E-state index contributed by atoms with van der Waals surface area (Å²) in [5.41, 5.74) is 5.55. The molecule has 2 saturated heterocycles. The van der Waals surface area contributed by atoms with Gasteiger partial charge in [-0.25, -0.2) is 0 Å². The summed E-state index contributed by atoms with van der Waals surface area (Å²) in [7, 11) is 0. The van der Waals surface area contributed by atoms with Crippen molar-refractivity contribution in [2.45, 2.75) is 25.9 Å². The van der Waals surface area contributed by atoms with Crippen molar-refractivity contribution >= 4 is 17.3 Å². The third-order valence-corrected chi connectivity index (χ3v) is 7.21. The van der Waals surface area contributed by atoms with E-state index in [4.69, 9.17) is 17.0 Å². The molecule has 0 amide bonds. The lowest BCUT2D eigenvalue weighted by molar-refractivity contribution is 0.0350. The maximum atomic E-state index is 9.75. The molecular formula is C26H31N5O2S. The van der Waals surface area contributed by atoms with Crippen LogP contribution in [0.15, 0.2) is 54.7 Å². The number of hydrogen-bond donors (Lipinski definition) is 2. The van der Waals surface area contributed by atoms with Crippen LogP contribution in [0.1, 0.15) is 34.7 Å². The number of aromatic nitrogens is 2. The first-order valence-electron chi connectivity index (χ1n) is 11.8. The van der Waals surface area contributed by atoms with Crippen LogP contribution in [0, 0.1) is 13.8 Å². The molecule has 1 aromatic carbocycles. The Balaban J connectivity index is 1.52. The van der Waals surface area contributed by atoms with Gasteiger partial charge in [-0.1, -0.05) is 6.07 Å². The molecule has 5 rings (SSSR count). The maximum Gasteiger partial charge on any atom is 0.170 e. The van der Waals surface area contributed by atoms with Crippen molar-refractivity contribution in [2.75, 3.05) is 39.4 Å². The molecule has 3 aromatic rings. The van der Waals surface area contributed by atoms with Gasteiger partial charge in [0, 0.05) is 49.5 Å². The fourth-order valence-corrected chi connectivity index (χ4v) is 5.48. The monoisotopic (exact) mass is 477 g/mol. The molecule has 0 aliphatic carbocycles. The highest BCUT2D eigenvalue weighted by atomic mass is 32.1. The molecule has 34 heavy (non-hydrogen) atoms. The minimum atomic E-state index is -0.0350. The van der Waals surface area contributed by atoms with Gasteiger partial charge >= 0.3 is 0 Å². The molecule has 0 spiro atoms. The molecule has 178 valence electrons. The van der Waals surface area contributed by atoms with Crippen LogP contribution in [0.5, 0.6) is 5.75 Å². The van der Waals surface area contributed by atoms with Gasteiger partial charge in [0.2, 0.25) is 0 Å². The van der Waals surface area contributed by atoms with Gasteiger partial charge < -0.3 is 24.6 Å². The molecule has 2 aliphatic heterocycles. The highest BCUT2D eigenvalue weighted by Gasteiger charge is 2.41. The number of aromatic hydroxyl groups is 1. The topological polar surface area (TPSA) is 65.8 Å². The highest BCUT2D eigenvalue weighted by molar-refractivity contribution is 7.80. The standard InChI is InChI=1S/C26H31N5O2S/c1-18-17-22(19(2)31(18)20-6-8-21(32)9-7-20)25-24(23-5-3-4-10-27-23)28-26(34)30(25)12-11-29-13-15-33-16-14-29/h3-10,17,24-25,32H,11-16H2,1-2H3,(H,28,34). The average molecular weight is 478 g/mol. The number of pyridine rings is 1. The molecule has 2 N–H and O–H groups in total. The first-order chi connectivity index (χ1) is 16.5. The van der Waals surface area contributed by atoms with Gasteiger partial charge in [-0.2, -0.15) is 0 Å². The number of hydrogen-bond acceptors (Lipinski definition) is 5. The van der Waals surface area contributed by atoms with Crippen molar-refractivity contribution in [1.82, 2.24) is 24.7 Å². The van der Waals surface area contributed by atoms with E-state index in [1.54, 1.807) is 12.1 Å². The fraction of sp³-hybridized carbons (Fsp3) is 0.385. The molecule has 0 radical (unpaired) electrons. The van der Waals surface area contributed by atoms with E-state index in [0.717, 1.165) is 67.3 Å². The zero-order valence-electron chi connectivity index (χ0n) is 19.6. The second kappa shape index (κ2) is 9.74. The molecule has 2 aromatic heterocycles. The third-order valence-electron chi connectivity index (χ3n) is 6.86. The molecular weight excluding hydrogens is 446 g/mol. The van der Waals surface area contributed by atoms with Crippen LogP contribution < -0.4 is 5.32 Å². The predicted octanol–water partition coefficient (Wildman–Crippen LogP) is 3.50. The lowest BCUT2D eigenvalue weighted by Crippen LogP contribution is -2.42. The van der Waals surface area contributed by atoms with E-state index in [1.807, 2.05) is 30.5 Å². The molecule has 7 nitrogen and oxygen atoms in total. The lowest BCUT2D eigenvalue weighted by atomic mass is 9.96. The van der Waals surface area contributed by atoms with E-state index >= 15 is 0 Å². The normalized spacial score (nSPS) is 21.1. The van der Waals surface area contributed by atoms with Crippen molar-refractivity contribution in [1.29, 1.82) is 0 Å². The molecule has 2 unspecified atom stereocenters. The molecule has 2 aliphatic rings. The minimum absolute atomic E-state index is 0.0282. The second-order valence-corrected chi connectivity index (χ2v) is 9.34. The van der Waals surface area contributed by atoms with Crippen molar-refractivity contribution in [3.05, 3.63) is 77.4 Å². The fourth-order valence-electron chi connectivity index (χ4n) is 5.14. The van der Waals surface area contributed by atoms with E-state index in [0.29, 0.717) is 0 Å². The van der Waals surface area contributed by atoms with Crippen LogP contribution in [-0.2, 0) is 4.74 Å². The Kier molecular flexibility index (Phi) is 6.54. The van der Waals surface area contributed by atoms with Gasteiger partial charge in [-0.15, -0.1) is 0 Å². The van der Waals surface area contributed by atoms with Gasteiger partial charge in [0.1, 0.15) is 5.75 Å². The summed E-state index contributed by atoms with van der Waals surface area (Å²) >= 11 is 5.86. The van der Waals surface area contributed by atoms with E-state index < -0.39 is 0 Å². The van der Waals surface area contributed by atoms with E-state index in [-0.39, 0.29) is 17.8 Å². The zero-order chi connectivity index (χ0) is 23.7. The quantitative estimate of drug-likeness (QED) is 0.527. The largest absolute Gasteiger partial charge is 0.508 e. The number of phenolic OH excluding ortho intramolecular Hbond substituents is 1. The van der Waals surface area contributed by atoms with E-state index in [9.17, 15) is 5.11 Å². The number of morpholine rings is 1. The van der Waals surface area contributed by atoms with Gasteiger partial charge in [-0.05, 0) is 74.1 Å². The van der Waals surface area contributed by atoms with Crippen molar-refractivity contribution in [3.8, 4) is 11.4 Å². The van der Waals surface area contributed by atoms with E-state index in [2.05, 4.69) is 50.6 Å². The Morgan fingerprint density at radius 3 is 2.56 bits per heavy atom. The highest BCUT2D eigenvalue weighted by Crippen LogP contribution is 2.41. The average Bonchev–Trinajstić information content (AvgIpc) is 3.34. The van der Waals surface area contributed by atoms with Crippen LogP contribution in [0.25, 0.3) is 5.69 Å². The lowest BCUT2D eigenvalue weighted by Gasteiger charge is -2.32. The van der Waals surface area contributed by atoms with Gasteiger partial charge in [0.05, 0.1) is 31.0 Å². The maximum absolute atomic E-state index is 9.75. The third kappa shape index (κ3) is 4.41. The van der Waals surface area contributed by atoms with Crippen molar-refractivity contribution < 1.29 is 9.84 Å². The summed E-state index contributed by atoms with van der Waals surface area (Å²) < 4.78 is 7.76. The van der Waals surface area contributed by atoms with Crippen molar-refractivity contribution in [2.24, 2.45) is 0 Å². The first-order valence-corrected chi connectivity index (χ1v) is 12.2. The number of ether oxygens (including phenoxy) is 1. The summed E-state index contributed by atoms with van der Waals surface area (Å²) in [6.45, 7) is 9.54. The summed E-state index contributed by atoms with van der Waals surface area (Å²) in [4.78, 5) is 9.44. The SMILES string of the molecule is Cc1cc(C2C(c3ccccn3)NC(=S)N2CCN2CCOCC2)c(C)n1-c1ccc(O)cc1. The Bertz CT molecular complexity index is 1140. The zero-order valence-corrected chi connectivity index (χ0v) is 20.5. The Morgan fingerprint density at radius 1 is 1.09 bits per heavy atom. The summed E-state index contributed by atoms with van der Waals surface area (Å²) in [5, 5.41) is 14.1. The van der Waals surface area contributed by atoms with Crippen LogP contribution in [0.2, 0.25) is 0 Å². The molecule has 4 heterocycles. The molecule has 2 fully saturated rings. The Hall–Kier alpha value is -2.94. The molecule has 8 heteroatoms. The molecule has 0 saturated carbocycles. The summed E-state index contributed by atoms with van der Waals surface area (Å²) in [5.74, 6) is 0.265. The van der Waals surface area contributed by atoms with Crippen molar-refractivity contribution in [3.63, 3.8) is 0 Å². The number of thiocarbonyl (C=S) groups is 1. The predicted molar refractivity (Wildman–Crippen MR) is 136 cm³/mol. The van der Waals surface area contributed by atoms with Crippen LogP contribution >= 0.6 is 12.2 Å². The number of nitrogens with one attached hydrogen (secondary N) is 1. The van der Waals surface area contributed by atoms with E-state index in [1.165, 1.54) is 5.56 Å². The van der Waals surface area contributed by atoms with Gasteiger partial charge in [-0.3, -0.25) is 9.88 Å². The number of benzene rings is 1. The van der Waals surface area contributed by atoms with Crippen LogP contribution in [-0.4, -0.2) is 69.0 Å². The Labute approximate surface area is 206 Å². The van der Waals surface area contributed by atoms with Crippen LogP contribution in [0.4, 0.5) is 0 Å².